The molecule has 0 bridgehead atoms. The van der Waals surface area contributed by atoms with Crippen molar-refractivity contribution in [3.8, 4) is 0 Å². The quantitative estimate of drug-likeness (QED) is 0.917. The van der Waals surface area contributed by atoms with Crippen LogP contribution in [0.4, 0.5) is 0 Å². The highest BCUT2D eigenvalue weighted by molar-refractivity contribution is 5.73. The van der Waals surface area contributed by atoms with E-state index in [1.165, 1.54) is 25.8 Å². The van der Waals surface area contributed by atoms with Crippen LogP contribution >= 0.6 is 0 Å². The first kappa shape index (κ1) is 13.7. The lowest BCUT2D eigenvalue weighted by Gasteiger charge is -2.30. The Bertz CT molecular complexity index is 479. The van der Waals surface area contributed by atoms with E-state index in [2.05, 4.69) is 16.3 Å². The first-order chi connectivity index (χ1) is 9.61. The van der Waals surface area contributed by atoms with Gasteiger partial charge in [0.25, 0.3) is 0 Å². The van der Waals surface area contributed by atoms with Crippen LogP contribution in [0.1, 0.15) is 43.6 Å². The van der Waals surface area contributed by atoms with Crippen molar-refractivity contribution in [2.24, 2.45) is 5.92 Å². The molecule has 4 nitrogen and oxygen atoms in total. The molecule has 3 rings (SSSR count). The molecule has 20 heavy (non-hydrogen) atoms. The Morgan fingerprint density at radius 3 is 2.75 bits per heavy atom. The molecule has 1 aliphatic heterocycles. The fourth-order valence-electron chi connectivity index (χ4n) is 3.42. The molecule has 1 aromatic rings. The number of nitrogens with one attached hydrogen (secondary N) is 1. The molecule has 110 valence electrons. The Balaban J connectivity index is 1.69. The van der Waals surface area contributed by atoms with Gasteiger partial charge in [-0.3, -0.25) is 4.79 Å². The number of hydrogen-bond donors (Lipinski definition) is 1. The number of carbonyl (C=O) groups is 1. The molecule has 2 aliphatic rings. The van der Waals surface area contributed by atoms with Gasteiger partial charge in [-0.1, -0.05) is 6.42 Å². The maximum Gasteiger partial charge on any atom is 0.217 e. The summed E-state index contributed by atoms with van der Waals surface area (Å²) in [4.78, 5) is 13.9. The summed E-state index contributed by atoms with van der Waals surface area (Å²) in [6.07, 6.45) is 4.12. The van der Waals surface area contributed by atoms with Crippen LogP contribution in [0.15, 0.2) is 16.5 Å². The molecule has 1 aromatic heterocycles. The molecule has 1 N–H and O–H groups in total. The number of rotatable bonds is 4. The largest absolute Gasteiger partial charge is 0.466 e. The highest BCUT2D eigenvalue weighted by Gasteiger charge is 2.37. The normalized spacial score (nSPS) is 27.5. The van der Waals surface area contributed by atoms with Crippen molar-refractivity contribution in [3.05, 3.63) is 23.7 Å². The van der Waals surface area contributed by atoms with E-state index in [0.717, 1.165) is 30.5 Å². The molecular weight excluding hydrogens is 252 g/mol. The smallest absolute Gasteiger partial charge is 0.217 e. The van der Waals surface area contributed by atoms with E-state index in [4.69, 9.17) is 4.42 Å². The fraction of sp³-hybridized carbons (Fsp3) is 0.688. The van der Waals surface area contributed by atoms with Gasteiger partial charge in [0.05, 0.1) is 12.0 Å². The lowest BCUT2D eigenvalue weighted by atomic mass is 9.85. The Hall–Kier alpha value is -1.29. The van der Waals surface area contributed by atoms with Crippen LogP contribution in [0, 0.1) is 12.8 Å². The number of likely N-dealkylation sites (tertiary alicyclic amines) is 1. The summed E-state index contributed by atoms with van der Waals surface area (Å²) < 4.78 is 5.79. The third-order valence-electron chi connectivity index (χ3n) is 4.65. The maximum atomic E-state index is 11.4. The monoisotopic (exact) mass is 276 g/mol. The third kappa shape index (κ3) is 2.90. The van der Waals surface area contributed by atoms with Crippen molar-refractivity contribution >= 4 is 5.91 Å². The number of amides is 1. The molecule has 2 heterocycles. The Morgan fingerprint density at radius 1 is 1.40 bits per heavy atom. The Morgan fingerprint density at radius 2 is 2.20 bits per heavy atom. The van der Waals surface area contributed by atoms with Gasteiger partial charge in [0.2, 0.25) is 5.91 Å². The molecule has 2 atom stereocenters. The van der Waals surface area contributed by atoms with Crippen LogP contribution in [-0.2, 0) is 4.79 Å². The second kappa shape index (κ2) is 5.60. The molecule has 1 saturated heterocycles. The zero-order valence-electron chi connectivity index (χ0n) is 12.4. The predicted molar refractivity (Wildman–Crippen MR) is 77.6 cm³/mol. The molecule has 1 saturated carbocycles. The standard InChI is InChI=1S/C16H24N2O2/c1-11-6-7-16(20-11)14-9-18(8-13-4-3-5-13)10-15(14)17-12(2)19/h6-7,13-15H,3-5,8-10H2,1-2H3,(H,17,19)/t14-,15-/m1/s1. The van der Waals surface area contributed by atoms with E-state index in [1.807, 2.05) is 13.0 Å². The van der Waals surface area contributed by atoms with Gasteiger partial charge in [-0.2, -0.15) is 0 Å². The van der Waals surface area contributed by atoms with Gasteiger partial charge < -0.3 is 14.6 Å². The van der Waals surface area contributed by atoms with Crippen molar-refractivity contribution in [2.75, 3.05) is 19.6 Å². The topological polar surface area (TPSA) is 45.5 Å². The summed E-state index contributed by atoms with van der Waals surface area (Å²) in [7, 11) is 0. The molecule has 4 heteroatoms. The maximum absolute atomic E-state index is 11.4. The van der Waals surface area contributed by atoms with Crippen LogP contribution in [0.5, 0.6) is 0 Å². The van der Waals surface area contributed by atoms with E-state index in [9.17, 15) is 4.79 Å². The van der Waals surface area contributed by atoms with Gasteiger partial charge in [-0.05, 0) is 37.8 Å². The van der Waals surface area contributed by atoms with Gasteiger partial charge >= 0.3 is 0 Å². The molecule has 0 unspecified atom stereocenters. The van der Waals surface area contributed by atoms with Crippen molar-refractivity contribution in [1.29, 1.82) is 0 Å². The number of nitrogens with zero attached hydrogens (tertiary/aromatic N) is 1. The summed E-state index contributed by atoms with van der Waals surface area (Å²) in [5.74, 6) is 3.16. The average molecular weight is 276 g/mol. The predicted octanol–water partition coefficient (Wildman–Crippen LogP) is 2.29. The molecule has 0 aromatic carbocycles. The summed E-state index contributed by atoms with van der Waals surface area (Å²) in [5, 5.41) is 3.10. The lowest BCUT2D eigenvalue weighted by molar-refractivity contribution is -0.119. The zero-order chi connectivity index (χ0) is 14.1. The second-order valence-electron chi connectivity index (χ2n) is 6.38. The summed E-state index contributed by atoms with van der Waals surface area (Å²) in [5.41, 5.74) is 0. The minimum atomic E-state index is 0.0498. The van der Waals surface area contributed by atoms with Crippen LogP contribution in [-0.4, -0.2) is 36.5 Å². The van der Waals surface area contributed by atoms with Crippen LogP contribution < -0.4 is 5.32 Å². The fourth-order valence-corrected chi connectivity index (χ4v) is 3.42. The van der Waals surface area contributed by atoms with E-state index < -0.39 is 0 Å². The summed E-state index contributed by atoms with van der Waals surface area (Å²) in [6, 6.07) is 4.24. The van der Waals surface area contributed by atoms with Crippen molar-refractivity contribution < 1.29 is 9.21 Å². The van der Waals surface area contributed by atoms with Gasteiger partial charge in [0, 0.05) is 26.6 Å². The van der Waals surface area contributed by atoms with E-state index >= 15 is 0 Å². The van der Waals surface area contributed by atoms with Crippen molar-refractivity contribution in [3.63, 3.8) is 0 Å². The zero-order valence-corrected chi connectivity index (χ0v) is 12.4. The number of carbonyl (C=O) groups excluding carboxylic acids is 1. The minimum absolute atomic E-state index is 0.0498. The van der Waals surface area contributed by atoms with Crippen molar-refractivity contribution in [2.45, 2.75) is 45.1 Å². The van der Waals surface area contributed by atoms with E-state index in [-0.39, 0.29) is 17.9 Å². The van der Waals surface area contributed by atoms with Crippen LogP contribution in [0.25, 0.3) is 0 Å². The highest BCUT2D eigenvalue weighted by Crippen LogP contribution is 2.33. The first-order valence-corrected chi connectivity index (χ1v) is 7.67. The average Bonchev–Trinajstić information content (AvgIpc) is 2.90. The Labute approximate surface area is 120 Å². The van der Waals surface area contributed by atoms with Gasteiger partial charge in [-0.25, -0.2) is 0 Å². The molecule has 1 amide bonds. The SMILES string of the molecule is CC(=O)N[C@@H]1CN(CC2CCC2)C[C@H]1c1ccc(C)o1. The first-order valence-electron chi connectivity index (χ1n) is 7.67. The van der Waals surface area contributed by atoms with E-state index in [0.29, 0.717) is 0 Å². The molecular formula is C16H24N2O2. The molecule has 0 radical (unpaired) electrons. The molecule has 1 aliphatic carbocycles. The number of aryl methyl sites for hydroxylation is 1. The summed E-state index contributed by atoms with van der Waals surface area (Å²) in [6.45, 7) is 6.68. The highest BCUT2D eigenvalue weighted by atomic mass is 16.3. The summed E-state index contributed by atoms with van der Waals surface area (Å²) >= 11 is 0. The van der Waals surface area contributed by atoms with Crippen LogP contribution in [0.2, 0.25) is 0 Å². The second-order valence-corrected chi connectivity index (χ2v) is 6.38. The lowest BCUT2D eigenvalue weighted by Crippen LogP contribution is -2.39. The number of furan rings is 1. The number of hydrogen-bond acceptors (Lipinski definition) is 3. The minimum Gasteiger partial charge on any atom is -0.466 e. The van der Waals surface area contributed by atoms with Gasteiger partial charge in [-0.15, -0.1) is 0 Å². The van der Waals surface area contributed by atoms with Gasteiger partial charge in [0.1, 0.15) is 11.5 Å². The van der Waals surface area contributed by atoms with E-state index in [1.54, 1.807) is 6.92 Å². The van der Waals surface area contributed by atoms with Crippen LogP contribution in [0.3, 0.4) is 0 Å². The van der Waals surface area contributed by atoms with Crippen molar-refractivity contribution in [1.82, 2.24) is 10.2 Å². The Kier molecular flexibility index (Phi) is 3.83. The van der Waals surface area contributed by atoms with Gasteiger partial charge in [0.15, 0.2) is 0 Å². The third-order valence-corrected chi connectivity index (χ3v) is 4.65. The molecule has 2 fully saturated rings. The molecule has 0 spiro atoms.